The first kappa shape index (κ1) is 12.1. The lowest BCUT2D eigenvalue weighted by molar-refractivity contribution is -0.179. The normalized spacial score (nSPS) is 22.9. The number of thiazole rings is 1. The van der Waals surface area contributed by atoms with Crippen molar-refractivity contribution in [3.63, 3.8) is 0 Å². The first-order valence-corrected chi connectivity index (χ1v) is 7.33. The van der Waals surface area contributed by atoms with Gasteiger partial charge in [-0.2, -0.15) is 0 Å². The molecule has 5 heteroatoms. The summed E-state index contributed by atoms with van der Waals surface area (Å²) in [4.78, 5) is 15.9. The number of aliphatic carboxylic acids is 1. The van der Waals surface area contributed by atoms with Crippen LogP contribution in [0.1, 0.15) is 42.3 Å². The highest BCUT2D eigenvalue weighted by Gasteiger charge is 2.47. The number of nitrogens with zero attached hydrogens (tertiary/aromatic N) is 1. The molecule has 3 rings (SSSR count). The number of carbonyl (C=O) groups is 1. The quantitative estimate of drug-likeness (QED) is 0.910. The predicted octanol–water partition coefficient (Wildman–Crippen LogP) is 2.44. The van der Waals surface area contributed by atoms with Crippen LogP contribution in [0.4, 0.5) is 0 Å². The van der Waals surface area contributed by atoms with Crippen molar-refractivity contribution in [1.29, 1.82) is 0 Å². The third-order valence-corrected chi connectivity index (χ3v) is 4.91. The van der Waals surface area contributed by atoms with E-state index in [-0.39, 0.29) is 0 Å². The average Bonchev–Trinajstić information content (AvgIpc) is 2.93. The molecule has 0 amide bonds. The second kappa shape index (κ2) is 4.63. The van der Waals surface area contributed by atoms with E-state index >= 15 is 0 Å². The van der Waals surface area contributed by atoms with Crippen molar-refractivity contribution in [2.75, 3.05) is 13.2 Å². The van der Waals surface area contributed by atoms with Gasteiger partial charge in [-0.1, -0.05) is 12.8 Å². The highest BCUT2D eigenvalue weighted by atomic mass is 32.1. The van der Waals surface area contributed by atoms with Gasteiger partial charge < -0.3 is 9.84 Å². The molecular formula is C13H17NO3S. The molecule has 0 radical (unpaired) electrons. The molecule has 1 saturated carbocycles. The van der Waals surface area contributed by atoms with Gasteiger partial charge in [-0.25, -0.2) is 4.98 Å². The molecule has 0 bridgehead atoms. The fraction of sp³-hybridized carbons (Fsp3) is 0.692. The van der Waals surface area contributed by atoms with E-state index in [0.717, 1.165) is 5.01 Å². The summed E-state index contributed by atoms with van der Waals surface area (Å²) < 4.78 is 5.07. The third kappa shape index (κ3) is 2.06. The Bertz CT molecular complexity index is 447. The van der Waals surface area contributed by atoms with E-state index in [0.29, 0.717) is 25.6 Å². The Kier molecular flexibility index (Phi) is 3.11. The molecule has 18 heavy (non-hydrogen) atoms. The van der Waals surface area contributed by atoms with E-state index in [4.69, 9.17) is 4.74 Å². The molecule has 1 saturated heterocycles. The Morgan fingerprint density at radius 2 is 2.22 bits per heavy atom. The second-order valence-corrected chi connectivity index (χ2v) is 6.35. The average molecular weight is 267 g/mol. The topological polar surface area (TPSA) is 59.4 Å². The fourth-order valence-corrected chi connectivity index (χ4v) is 3.77. The highest BCUT2D eigenvalue weighted by Crippen LogP contribution is 2.37. The van der Waals surface area contributed by atoms with Crippen molar-refractivity contribution in [1.82, 2.24) is 4.98 Å². The molecule has 1 aliphatic carbocycles. The Morgan fingerprint density at radius 3 is 2.78 bits per heavy atom. The summed E-state index contributed by atoms with van der Waals surface area (Å²) in [6, 6.07) is 0. The van der Waals surface area contributed by atoms with E-state index < -0.39 is 11.4 Å². The Morgan fingerprint density at radius 1 is 1.50 bits per heavy atom. The van der Waals surface area contributed by atoms with Crippen LogP contribution in [0.25, 0.3) is 0 Å². The van der Waals surface area contributed by atoms with Gasteiger partial charge in [0.2, 0.25) is 0 Å². The third-order valence-electron chi connectivity index (χ3n) is 4.04. The van der Waals surface area contributed by atoms with Crippen molar-refractivity contribution in [3.8, 4) is 0 Å². The Balaban J connectivity index is 1.71. The maximum absolute atomic E-state index is 11.3. The Labute approximate surface area is 110 Å². The van der Waals surface area contributed by atoms with Crippen LogP contribution in [0.5, 0.6) is 0 Å². The molecule has 1 N–H and O–H groups in total. The van der Waals surface area contributed by atoms with Crippen LogP contribution in [0.2, 0.25) is 0 Å². The number of carboxylic acid groups (broad SMARTS) is 1. The molecule has 1 aromatic heterocycles. The van der Waals surface area contributed by atoms with Crippen LogP contribution in [-0.4, -0.2) is 29.3 Å². The van der Waals surface area contributed by atoms with Crippen molar-refractivity contribution < 1.29 is 14.6 Å². The number of ether oxygens (including phenoxy) is 1. The van der Waals surface area contributed by atoms with E-state index in [2.05, 4.69) is 10.4 Å². The minimum absolute atomic E-state index is 0.320. The summed E-state index contributed by atoms with van der Waals surface area (Å²) in [7, 11) is 0. The van der Waals surface area contributed by atoms with Gasteiger partial charge in [0.15, 0.2) is 0 Å². The molecule has 2 heterocycles. The first-order chi connectivity index (χ1) is 8.70. The van der Waals surface area contributed by atoms with Gasteiger partial charge in [0, 0.05) is 17.7 Å². The summed E-state index contributed by atoms with van der Waals surface area (Å²) >= 11 is 1.60. The van der Waals surface area contributed by atoms with Crippen molar-refractivity contribution >= 4 is 17.3 Å². The van der Waals surface area contributed by atoms with E-state index in [9.17, 15) is 9.90 Å². The number of aromatic nitrogens is 1. The van der Waals surface area contributed by atoms with Crippen LogP contribution >= 0.6 is 11.3 Å². The molecule has 0 atom stereocenters. The molecule has 4 nitrogen and oxygen atoms in total. The molecule has 1 aliphatic heterocycles. The van der Waals surface area contributed by atoms with Crippen LogP contribution in [0.3, 0.4) is 0 Å². The number of hydrogen-bond acceptors (Lipinski definition) is 4. The van der Waals surface area contributed by atoms with E-state index in [1.54, 1.807) is 11.3 Å². The standard InChI is InChI=1S/C13H17NO3S/c15-12(16)13(7-17-8-13)5-11-14-10(6-18-11)9-3-1-2-4-9/h6,9H,1-5,7-8H2,(H,15,16). The molecule has 0 spiro atoms. The number of hydrogen-bond donors (Lipinski definition) is 1. The lowest BCUT2D eigenvalue weighted by atomic mass is 9.83. The molecule has 0 aromatic carbocycles. The van der Waals surface area contributed by atoms with Crippen LogP contribution in [0.15, 0.2) is 5.38 Å². The van der Waals surface area contributed by atoms with Crippen LogP contribution < -0.4 is 0 Å². The molecule has 2 aliphatic rings. The lowest BCUT2D eigenvalue weighted by Gasteiger charge is -2.36. The SMILES string of the molecule is O=C(O)C1(Cc2nc(C3CCCC3)cs2)COC1. The fourth-order valence-electron chi connectivity index (χ4n) is 2.75. The van der Waals surface area contributed by atoms with Gasteiger partial charge in [-0.05, 0) is 12.8 Å². The van der Waals surface area contributed by atoms with Gasteiger partial charge in [-0.3, -0.25) is 4.79 Å². The molecule has 2 fully saturated rings. The first-order valence-electron chi connectivity index (χ1n) is 6.45. The number of carboxylic acids is 1. The largest absolute Gasteiger partial charge is 0.481 e. The Hall–Kier alpha value is -0.940. The minimum atomic E-state index is -0.758. The molecular weight excluding hydrogens is 250 g/mol. The maximum atomic E-state index is 11.3. The van der Waals surface area contributed by atoms with Gasteiger partial charge in [-0.15, -0.1) is 11.3 Å². The maximum Gasteiger partial charge on any atom is 0.314 e. The van der Waals surface area contributed by atoms with Crippen LogP contribution in [-0.2, 0) is 16.0 Å². The summed E-state index contributed by atoms with van der Waals surface area (Å²) in [6.45, 7) is 0.640. The second-order valence-electron chi connectivity index (χ2n) is 5.40. The van der Waals surface area contributed by atoms with Gasteiger partial charge in [0.25, 0.3) is 0 Å². The van der Waals surface area contributed by atoms with Crippen molar-refractivity contribution in [2.45, 2.75) is 38.0 Å². The molecule has 1 aromatic rings. The van der Waals surface area contributed by atoms with Gasteiger partial charge >= 0.3 is 5.97 Å². The highest BCUT2D eigenvalue weighted by molar-refractivity contribution is 7.09. The lowest BCUT2D eigenvalue weighted by Crippen LogP contribution is -2.50. The monoisotopic (exact) mass is 267 g/mol. The molecule has 98 valence electrons. The summed E-state index contributed by atoms with van der Waals surface area (Å²) in [5, 5.41) is 12.3. The number of rotatable bonds is 4. The smallest absolute Gasteiger partial charge is 0.314 e. The van der Waals surface area contributed by atoms with Crippen LogP contribution in [0, 0.1) is 5.41 Å². The minimum Gasteiger partial charge on any atom is -0.481 e. The molecule has 0 unspecified atom stereocenters. The predicted molar refractivity (Wildman–Crippen MR) is 67.9 cm³/mol. The summed E-state index contributed by atoms with van der Waals surface area (Å²) in [5.74, 6) is -0.153. The zero-order chi connectivity index (χ0) is 12.6. The van der Waals surface area contributed by atoms with Gasteiger partial charge in [0.1, 0.15) is 5.41 Å². The summed E-state index contributed by atoms with van der Waals surface area (Å²) in [6.07, 6.45) is 5.57. The zero-order valence-electron chi connectivity index (χ0n) is 10.2. The van der Waals surface area contributed by atoms with Crippen molar-refractivity contribution in [2.24, 2.45) is 5.41 Å². The van der Waals surface area contributed by atoms with Crippen molar-refractivity contribution in [3.05, 3.63) is 16.1 Å². The van der Waals surface area contributed by atoms with Gasteiger partial charge in [0.05, 0.1) is 23.9 Å². The zero-order valence-corrected chi connectivity index (χ0v) is 11.0. The van der Waals surface area contributed by atoms with E-state index in [1.165, 1.54) is 31.4 Å². The van der Waals surface area contributed by atoms with E-state index in [1.807, 2.05) is 0 Å². The summed E-state index contributed by atoms with van der Waals surface area (Å²) in [5.41, 5.74) is 0.457.